The first-order chi connectivity index (χ1) is 12.2. The van der Waals surface area contributed by atoms with E-state index in [1.807, 2.05) is 31.2 Å². The van der Waals surface area contributed by atoms with Gasteiger partial charge in [-0.3, -0.25) is 0 Å². The molecule has 0 bridgehead atoms. The molecule has 0 saturated carbocycles. The van der Waals surface area contributed by atoms with Gasteiger partial charge in [-0.05, 0) is 30.7 Å². The van der Waals surface area contributed by atoms with Crippen molar-refractivity contribution in [3.05, 3.63) is 59.4 Å². The highest BCUT2D eigenvalue weighted by atomic mass is 19.1. The summed E-state index contributed by atoms with van der Waals surface area (Å²) in [4.78, 5) is 4.53. The van der Waals surface area contributed by atoms with Gasteiger partial charge in [-0.15, -0.1) is 0 Å². The van der Waals surface area contributed by atoms with Crippen LogP contribution in [0.4, 0.5) is 4.39 Å². The van der Waals surface area contributed by atoms with Gasteiger partial charge in [-0.1, -0.05) is 24.3 Å². The van der Waals surface area contributed by atoms with Crippen LogP contribution in [0.1, 0.15) is 18.1 Å². The van der Waals surface area contributed by atoms with E-state index >= 15 is 0 Å². The minimum Gasteiger partial charge on any atom is -0.493 e. The Morgan fingerprint density at radius 2 is 1.80 bits per heavy atom. The molecule has 5 nitrogen and oxygen atoms in total. The Morgan fingerprint density at radius 1 is 1.04 bits per heavy atom. The number of hydrogen-bond acceptors (Lipinski definition) is 3. The summed E-state index contributed by atoms with van der Waals surface area (Å²) in [6, 6.07) is 12.4. The molecule has 134 valence electrons. The van der Waals surface area contributed by atoms with E-state index in [-0.39, 0.29) is 5.82 Å². The van der Waals surface area contributed by atoms with Gasteiger partial charge in [0.15, 0.2) is 17.5 Å². The van der Waals surface area contributed by atoms with Crippen molar-refractivity contribution in [3.8, 4) is 11.5 Å². The van der Waals surface area contributed by atoms with Crippen molar-refractivity contribution >= 4 is 5.96 Å². The lowest BCUT2D eigenvalue weighted by Gasteiger charge is -2.12. The lowest BCUT2D eigenvalue weighted by Crippen LogP contribution is -2.37. The first-order valence-corrected chi connectivity index (χ1v) is 8.14. The SMILES string of the molecule is CCNC(=NCc1ccc(OC)c(OC)c1)NCc1ccccc1F. The van der Waals surface area contributed by atoms with Gasteiger partial charge < -0.3 is 20.1 Å². The number of nitrogens with zero attached hydrogens (tertiary/aromatic N) is 1. The van der Waals surface area contributed by atoms with E-state index in [2.05, 4.69) is 15.6 Å². The molecule has 0 unspecified atom stereocenters. The van der Waals surface area contributed by atoms with Crippen LogP contribution in [0.25, 0.3) is 0 Å². The largest absolute Gasteiger partial charge is 0.493 e. The van der Waals surface area contributed by atoms with E-state index in [9.17, 15) is 4.39 Å². The summed E-state index contributed by atoms with van der Waals surface area (Å²) < 4.78 is 24.2. The molecule has 2 aromatic rings. The van der Waals surface area contributed by atoms with E-state index in [4.69, 9.17) is 9.47 Å². The van der Waals surface area contributed by atoms with Crippen LogP contribution in [0, 0.1) is 5.82 Å². The van der Waals surface area contributed by atoms with Gasteiger partial charge in [0.05, 0.1) is 20.8 Å². The van der Waals surface area contributed by atoms with Crippen LogP contribution >= 0.6 is 0 Å². The highest BCUT2D eigenvalue weighted by molar-refractivity contribution is 5.79. The molecule has 0 aromatic heterocycles. The standard InChI is InChI=1S/C19H24FN3O2/c1-4-21-19(23-13-15-7-5-6-8-16(15)20)22-12-14-9-10-17(24-2)18(11-14)25-3/h5-11H,4,12-13H2,1-3H3,(H2,21,22,23). The molecule has 0 aliphatic rings. The van der Waals surface area contributed by atoms with Gasteiger partial charge in [-0.25, -0.2) is 9.38 Å². The predicted octanol–water partition coefficient (Wildman–Crippen LogP) is 3.10. The Morgan fingerprint density at radius 3 is 2.48 bits per heavy atom. The molecule has 0 aliphatic carbocycles. The zero-order chi connectivity index (χ0) is 18.1. The number of guanidine groups is 1. The molecule has 0 spiro atoms. The van der Waals surface area contributed by atoms with Gasteiger partial charge in [0.1, 0.15) is 5.82 Å². The molecule has 6 heteroatoms. The second kappa shape index (κ2) is 9.52. The third-order valence-corrected chi connectivity index (χ3v) is 3.62. The van der Waals surface area contributed by atoms with E-state index < -0.39 is 0 Å². The van der Waals surface area contributed by atoms with Crippen LogP contribution in [0.3, 0.4) is 0 Å². The Bertz CT molecular complexity index is 720. The summed E-state index contributed by atoms with van der Waals surface area (Å²) in [5.74, 6) is 1.74. The third kappa shape index (κ3) is 5.38. The highest BCUT2D eigenvalue weighted by Gasteiger charge is 2.05. The van der Waals surface area contributed by atoms with Crippen LogP contribution in [-0.2, 0) is 13.1 Å². The maximum atomic E-state index is 13.7. The zero-order valence-corrected chi connectivity index (χ0v) is 14.8. The number of hydrogen-bond donors (Lipinski definition) is 2. The summed E-state index contributed by atoms with van der Waals surface area (Å²) in [6.45, 7) is 3.53. The van der Waals surface area contributed by atoms with Crippen LogP contribution in [0.15, 0.2) is 47.5 Å². The lowest BCUT2D eigenvalue weighted by molar-refractivity contribution is 0.354. The molecular formula is C19H24FN3O2. The minimum absolute atomic E-state index is 0.231. The number of halogens is 1. The fourth-order valence-electron chi connectivity index (χ4n) is 2.31. The van der Waals surface area contributed by atoms with Gasteiger partial charge in [0, 0.05) is 18.7 Å². The summed E-state index contributed by atoms with van der Waals surface area (Å²) in [6.07, 6.45) is 0. The first-order valence-electron chi connectivity index (χ1n) is 8.14. The second-order valence-corrected chi connectivity index (χ2v) is 5.33. The number of nitrogens with one attached hydrogen (secondary N) is 2. The van der Waals surface area contributed by atoms with E-state index in [1.54, 1.807) is 26.4 Å². The van der Waals surface area contributed by atoms with Crippen LogP contribution in [0.5, 0.6) is 11.5 Å². The monoisotopic (exact) mass is 345 g/mol. The average Bonchev–Trinajstić information content (AvgIpc) is 2.64. The topological polar surface area (TPSA) is 54.9 Å². The number of aliphatic imine (C=N–C) groups is 1. The maximum Gasteiger partial charge on any atom is 0.191 e. The van der Waals surface area contributed by atoms with Crippen molar-refractivity contribution in [1.29, 1.82) is 0 Å². The lowest BCUT2D eigenvalue weighted by atomic mass is 10.2. The maximum absolute atomic E-state index is 13.7. The van der Waals surface area contributed by atoms with Crippen molar-refractivity contribution in [2.75, 3.05) is 20.8 Å². The molecule has 0 atom stereocenters. The molecule has 0 saturated heterocycles. The van der Waals surface area contributed by atoms with Crippen LogP contribution < -0.4 is 20.1 Å². The van der Waals surface area contributed by atoms with Crippen molar-refractivity contribution < 1.29 is 13.9 Å². The number of ether oxygens (including phenoxy) is 2. The molecule has 2 aromatic carbocycles. The Balaban J connectivity index is 2.05. The predicted molar refractivity (Wildman–Crippen MR) is 97.6 cm³/mol. The Hall–Kier alpha value is -2.76. The molecule has 0 fully saturated rings. The number of benzene rings is 2. The van der Waals surface area contributed by atoms with Crippen LogP contribution in [0.2, 0.25) is 0 Å². The second-order valence-electron chi connectivity index (χ2n) is 5.33. The van der Waals surface area contributed by atoms with Crippen LogP contribution in [-0.4, -0.2) is 26.7 Å². The van der Waals surface area contributed by atoms with Crippen molar-refractivity contribution in [1.82, 2.24) is 10.6 Å². The summed E-state index contributed by atoms with van der Waals surface area (Å²) in [7, 11) is 3.20. The fourth-order valence-corrected chi connectivity index (χ4v) is 2.31. The van der Waals surface area contributed by atoms with Crippen molar-refractivity contribution in [2.24, 2.45) is 4.99 Å². The molecule has 25 heavy (non-hydrogen) atoms. The molecule has 0 amide bonds. The quantitative estimate of drug-likeness (QED) is 0.598. The normalized spacial score (nSPS) is 11.1. The molecule has 2 N–H and O–H groups in total. The highest BCUT2D eigenvalue weighted by Crippen LogP contribution is 2.27. The molecule has 2 rings (SSSR count). The smallest absolute Gasteiger partial charge is 0.191 e. The van der Waals surface area contributed by atoms with Gasteiger partial charge >= 0.3 is 0 Å². The van der Waals surface area contributed by atoms with Gasteiger partial charge in [0.25, 0.3) is 0 Å². The van der Waals surface area contributed by atoms with Gasteiger partial charge in [-0.2, -0.15) is 0 Å². The first kappa shape index (κ1) is 18.6. The summed E-state index contributed by atoms with van der Waals surface area (Å²) >= 11 is 0. The van der Waals surface area contributed by atoms with Crippen molar-refractivity contribution in [2.45, 2.75) is 20.0 Å². The fraction of sp³-hybridized carbons (Fsp3) is 0.316. The number of methoxy groups -OCH3 is 2. The summed E-state index contributed by atoms with van der Waals surface area (Å²) in [5, 5.41) is 6.30. The van der Waals surface area contributed by atoms with Gasteiger partial charge in [0.2, 0.25) is 0 Å². The molecule has 0 radical (unpaired) electrons. The average molecular weight is 345 g/mol. The summed E-state index contributed by atoms with van der Waals surface area (Å²) in [5.41, 5.74) is 1.58. The third-order valence-electron chi connectivity index (χ3n) is 3.62. The molecule has 0 heterocycles. The number of rotatable bonds is 7. The Kier molecular flexibility index (Phi) is 7.07. The van der Waals surface area contributed by atoms with E-state index in [0.29, 0.717) is 36.1 Å². The molecular weight excluding hydrogens is 321 g/mol. The van der Waals surface area contributed by atoms with Crippen molar-refractivity contribution in [3.63, 3.8) is 0 Å². The Labute approximate surface area is 147 Å². The zero-order valence-electron chi connectivity index (χ0n) is 14.8. The minimum atomic E-state index is -0.231. The molecule has 0 aliphatic heterocycles. The van der Waals surface area contributed by atoms with E-state index in [0.717, 1.165) is 12.1 Å². The van der Waals surface area contributed by atoms with E-state index in [1.165, 1.54) is 6.07 Å².